The zero-order chi connectivity index (χ0) is 47.6. The van der Waals surface area contributed by atoms with E-state index < -0.39 is 104 Å². The molecule has 10 N–H and O–H groups in total. The Morgan fingerprint density at radius 1 is 0.785 bits per heavy atom. The molecule has 0 aromatic heterocycles. The van der Waals surface area contributed by atoms with Crippen molar-refractivity contribution in [2.24, 2.45) is 5.73 Å². The Labute approximate surface area is 374 Å². The fraction of sp³-hybridized carbons (Fsp3) is 0.442. The van der Waals surface area contributed by atoms with Crippen LogP contribution in [0.5, 0.6) is 5.75 Å². The number of fused-ring (bicyclic) bond motifs is 2. The zero-order valence-corrected chi connectivity index (χ0v) is 37.0. The third-order valence-electron chi connectivity index (χ3n) is 11.1. The number of phosphoric ester groups is 1. The van der Waals surface area contributed by atoms with Crippen molar-refractivity contribution in [2.45, 2.75) is 101 Å². The molecule has 22 heteroatoms. The van der Waals surface area contributed by atoms with E-state index in [9.17, 15) is 57.8 Å². The average molecular weight is 923 g/mol. The van der Waals surface area contributed by atoms with Gasteiger partial charge in [0.25, 0.3) is 0 Å². The van der Waals surface area contributed by atoms with Crippen LogP contribution < -0.4 is 32.3 Å². The van der Waals surface area contributed by atoms with Crippen molar-refractivity contribution >= 4 is 65.9 Å². The summed E-state index contributed by atoms with van der Waals surface area (Å²) >= 11 is 0. The van der Waals surface area contributed by atoms with E-state index in [0.29, 0.717) is 24.0 Å². The fourth-order valence-corrected chi connectivity index (χ4v) is 8.33. The zero-order valence-electron chi connectivity index (χ0n) is 36.1. The van der Waals surface area contributed by atoms with E-state index in [1.807, 2.05) is 36.4 Å². The topological polar surface area (TPSA) is 316 Å². The molecule has 0 bridgehead atoms. The Morgan fingerprint density at radius 2 is 1.37 bits per heavy atom. The normalized spacial score (nSPS) is 24.1. The number of aromatic hydroxyl groups is 1. The Kier molecular flexibility index (Phi) is 16.8. The van der Waals surface area contributed by atoms with Gasteiger partial charge in [-0.3, -0.25) is 42.9 Å². The molecule has 3 aromatic rings. The van der Waals surface area contributed by atoms with Crippen LogP contribution in [-0.2, 0) is 60.3 Å². The number of carbonyl (C=O) groups is 8. The van der Waals surface area contributed by atoms with Gasteiger partial charge in [-0.05, 0) is 73.6 Å². The summed E-state index contributed by atoms with van der Waals surface area (Å²) in [5, 5.41) is 24.6. The fourth-order valence-electron chi connectivity index (χ4n) is 7.78. The number of benzene rings is 3. The first-order valence-electron chi connectivity index (χ1n) is 21.0. The Morgan fingerprint density at radius 3 is 2.02 bits per heavy atom. The van der Waals surface area contributed by atoms with Crippen LogP contribution in [0.25, 0.3) is 10.8 Å². The monoisotopic (exact) mass is 922 g/mol. The molecule has 0 aliphatic carbocycles. The smallest absolute Gasteiger partial charge is 0.469 e. The summed E-state index contributed by atoms with van der Waals surface area (Å²) < 4.78 is 16.8. The van der Waals surface area contributed by atoms with Gasteiger partial charge in [0.15, 0.2) is 0 Å². The molecular weight excluding hydrogens is 867 g/mol. The second-order valence-corrected chi connectivity index (χ2v) is 17.5. The van der Waals surface area contributed by atoms with E-state index in [1.54, 1.807) is 6.07 Å². The van der Waals surface area contributed by atoms with E-state index in [1.165, 1.54) is 38.2 Å². The van der Waals surface area contributed by atoms with Crippen molar-refractivity contribution in [1.29, 1.82) is 0 Å². The van der Waals surface area contributed by atoms with Crippen LogP contribution in [0.4, 0.5) is 0 Å². The number of phenols is 1. The quantitative estimate of drug-likeness (QED) is 0.115. The van der Waals surface area contributed by atoms with Gasteiger partial charge in [-0.2, -0.15) is 0 Å². The standard InChI is InChI=1S/C43H55N8O13P/c1-24-42(59)50(3)23-36(54)49-37(25(2)64-65(61,62)63)43(60)51-19-7-6-10-34(51)41(58)48-33(22-27-11-14-28-8-4-5-9-29(28)20-27)40(57)47-32(21-26-12-15-30(52)16-13-26)39(56)46-31(38(55)45-24)17-18-35(44)53/h4-5,8-9,11-16,20,24-25,31-34,37,52H,6-7,10,17-19,21-23H2,1-3H3,(H2,44,53)(H,45,55)(H,46,56)(H,47,57)(H,48,58)(H,49,54)(H2,61,62,63)/t24-,25?,31-,32-,33-,34-,37-/m0/s1. The Hall–Kier alpha value is -6.41. The van der Waals surface area contributed by atoms with E-state index >= 15 is 0 Å². The molecule has 5 rings (SSSR count). The van der Waals surface area contributed by atoms with Gasteiger partial charge >= 0.3 is 7.82 Å². The molecule has 8 amide bonds. The number of nitrogens with zero attached hydrogens (tertiary/aromatic N) is 2. The number of nitrogens with two attached hydrogens (primary N) is 1. The highest BCUT2D eigenvalue weighted by atomic mass is 31.2. The van der Waals surface area contributed by atoms with Gasteiger partial charge in [-0.15, -0.1) is 0 Å². The molecule has 0 spiro atoms. The number of primary amides is 1. The third kappa shape index (κ3) is 14.0. The molecule has 2 aliphatic rings. The predicted molar refractivity (Wildman–Crippen MR) is 233 cm³/mol. The third-order valence-corrected chi connectivity index (χ3v) is 11.7. The minimum atomic E-state index is -5.25. The number of phenolic OH excluding ortho intramolecular Hbond substituents is 1. The lowest BCUT2D eigenvalue weighted by molar-refractivity contribution is -0.148. The van der Waals surface area contributed by atoms with Crippen molar-refractivity contribution in [2.75, 3.05) is 20.1 Å². The van der Waals surface area contributed by atoms with Crippen LogP contribution in [-0.4, -0.2) is 134 Å². The second-order valence-electron chi connectivity index (χ2n) is 16.3. The van der Waals surface area contributed by atoms with E-state index in [4.69, 9.17) is 10.3 Å². The SMILES string of the molecule is CC(OP(=O)(O)O)[C@@H]1NC(=O)CN(C)C(=O)[C@H](C)NC(=O)[C@H](CCC(N)=O)NC(=O)[C@H](Cc2ccc(O)cc2)NC(=O)[C@H](Cc2ccc3ccccc3c2)NC(=O)[C@@H]2CCCCN2C1=O. The largest absolute Gasteiger partial charge is 0.508 e. The number of carbonyl (C=O) groups excluding carboxylic acids is 8. The predicted octanol–water partition coefficient (Wildman–Crippen LogP) is -0.609. The highest BCUT2D eigenvalue weighted by Crippen LogP contribution is 2.38. The average Bonchev–Trinajstić information content (AvgIpc) is 3.25. The maximum Gasteiger partial charge on any atom is 0.469 e. The molecule has 3 aromatic carbocycles. The summed E-state index contributed by atoms with van der Waals surface area (Å²) in [6.07, 6.45) is -1.74. The summed E-state index contributed by atoms with van der Waals surface area (Å²) in [7, 11) is -4.04. The number of amides is 8. The van der Waals surface area contributed by atoms with Crippen LogP contribution in [0.3, 0.4) is 0 Å². The van der Waals surface area contributed by atoms with Crippen molar-refractivity contribution in [3.63, 3.8) is 0 Å². The van der Waals surface area contributed by atoms with Crippen molar-refractivity contribution < 1.29 is 62.3 Å². The molecule has 2 fully saturated rings. The van der Waals surface area contributed by atoms with Crippen LogP contribution in [0, 0.1) is 0 Å². The van der Waals surface area contributed by atoms with E-state index in [2.05, 4.69) is 26.6 Å². The number of likely N-dealkylation sites (N-methyl/N-ethyl adjacent to an activating group) is 1. The summed E-state index contributed by atoms with van der Waals surface area (Å²) in [4.78, 5) is 132. The van der Waals surface area contributed by atoms with Crippen LogP contribution in [0.1, 0.15) is 57.1 Å². The van der Waals surface area contributed by atoms with Crippen molar-refractivity contribution in [1.82, 2.24) is 36.4 Å². The number of nitrogens with one attached hydrogen (secondary N) is 5. The molecule has 2 heterocycles. The maximum absolute atomic E-state index is 14.6. The molecule has 2 aliphatic heterocycles. The maximum atomic E-state index is 14.6. The lowest BCUT2D eigenvalue weighted by Crippen LogP contribution is -2.62. The summed E-state index contributed by atoms with van der Waals surface area (Å²) in [5.41, 5.74) is 6.47. The highest BCUT2D eigenvalue weighted by Gasteiger charge is 2.42. The molecule has 2 saturated heterocycles. The number of piperidine rings is 1. The van der Waals surface area contributed by atoms with Gasteiger partial charge in [0.2, 0.25) is 47.3 Å². The minimum absolute atomic E-state index is 0.0329. The number of hydrogen-bond acceptors (Lipinski definition) is 11. The van der Waals surface area contributed by atoms with Gasteiger partial charge in [0.1, 0.15) is 42.0 Å². The van der Waals surface area contributed by atoms with Crippen LogP contribution in [0.15, 0.2) is 66.7 Å². The summed E-state index contributed by atoms with van der Waals surface area (Å²) in [6, 6.07) is 9.89. The first kappa shape index (κ1) is 49.6. The molecule has 1 unspecified atom stereocenters. The molecule has 0 radical (unpaired) electrons. The van der Waals surface area contributed by atoms with Crippen LogP contribution >= 0.6 is 7.82 Å². The van der Waals surface area contributed by atoms with Crippen molar-refractivity contribution in [3.8, 4) is 5.75 Å². The van der Waals surface area contributed by atoms with Crippen LogP contribution in [0.2, 0.25) is 0 Å². The molecule has 350 valence electrons. The molecule has 7 atom stereocenters. The van der Waals surface area contributed by atoms with Gasteiger partial charge in [0, 0.05) is 32.9 Å². The first-order valence-corrected chi connectivity index (χ1v) is 22.6. The highest BCUT2D eigenvalue weighted by molar-refractivity contribution is 7.46. The molecular formula is C43H55N8O13P. The van der Waals surface area contributed by atoms with Gasteiger partial charge in [0.05, 0.1) is 12.6 Å². The van der Waals surface area contributed by atoms with Gasteiger partial charge in [-0.1, -0.05) is 54.6 Å². The van der Waals surface area contributed by atoms with Gasteiger partial charge in [-0.25, -0.2) is 4.57 Å². The number of rotatable bonds is 10. The van der Waals surface area contributed by atoms with E-state index in [-0.39, 0.29) is 44.4 Å². The number of hydrogen-bond donors (Lipinski definition) is 9. The van der Waals surface area contributed by atoms with E-state index in [0.717, 1.165) is 27.5 Å². The first-order chi connectivity index (χ1) is 30.7. The second kappa shape index (κ2) is 22.0. The lowest BCUT2D eigenvalue weighted by Gasteiger charge is -2.38. The molecule has 21 nitrogen and oxygen atoms in total. The lowest BCUT2D eigenvalue weighted by atomic mass is 9.97. The number of phosphoric acid groups is 1. The van der Waals surface area contributed by atoms with Gasteiger partial charge < -0.3 is 57.0 Å². The minimum Gasteiger partial charge on any atom is -0.508 e. The molecule has 0 saturated carbocycles. The molecule has 65 heavy (non-hydrogen) atoms. The Balaban J connectivity index is 1.59. The van der Waals surface area contributed by atoms with Crippen molar-refractivity contribution in [3.05, 3.63) is 77.9 Å². The Bertz CT molecular complexity index is 2330. The summed E-state index contributed by atoms with van der Waals surface area (Å²) in [6.45, 7) is 1.68. The summed E-state index contributed by atoms with van der Waals surface area (Å²) in [5.74, 6) is -7.07.